The highest BCUT2D eigenvalue weighted by molar-refractivity contribution is 5.94. The monoisotopic (exact) mass is 394 g/mol. The van der Waals surface area contributed by atoms with Gasteiger partial charge in [0.15, 0.2) is 12.3 Å². The molecule has 1 heterocycles. The Labute approximate surface area is 168 Å². The molecule has 1 aromatic heterocycles. The Morgan fingerprint density at radius 1 is 1.07 bits per heavy atom. The lowest BCUT2D eigenvalue weighted by molar-refractivity contribution is -0.123. The molecule has 150 valence electrons. The fourth-order valence-electron chi connectivity index (χ4n) is 2.81. The summed E-state index contributed by atoms with van der Waals surface area (Å²) in [6, 6.07) is 14.5. The lowest BCUT2D eigenvalue weighted by Gasteiger charge is -2.12. The number of hydrogen-bond acceptors (Lipinski definition) is 6. The van der Waals surface area contributed by atoms with Crippen LogP contribution in [0, 0.1) is 6.92 Å². The van der Waals surface area contributed by atoms with Crippen molar-refractivity contribution in [3.8, 4) is 11.5 Å². The van der Waals surface area contributed by atoms with Crippen molar-refractivity contribution in [3.05, 3.63) is 65.4 Å². The number of nitrogens with zero attached hydrogens (tertiary/aromatic N) is 1. The molecular formula is C22H22N2O5. The number of rotatable bonds is 7. The number of benzene rings is 2. The Morgan fingerprint density at radius 3 is 2.66 bits per heavy atom. The van der Waals surface area contributed by atoms with Crippen molar-refractivity contribution in [2.45, 2.75) is 13.5 Å². The number of aromatic nitrogens is 1. The molecule has 0 radical (unpaired) electrons. The first-order valence-corrected chi connectivity index (χ1v) is 9.02. The Morgan fingerprint density at radius 2 is 1.90 bits per heavy atom. The molecule has 0 aliphatic carbocycles. The van der Waals surface area contributed by atoms with Crippen LogP contribution < -0.4 is 14.8 Å². The van der Waals surface area contributed by atoms with Gasteiger partial charge in [0.1, 0.15) is 11.5 Å². The number of esters is 1. The van der Waals surface area contributed by atoms with Gasteiger partial charge in [0.05, 0.1) is 19.7 Å². The van der Waals surface area contributed by atoms with Crippen molar-refractivity contribution >= 4 is 22.8 Å². The molecule has 0 aliphatic heterocycles. The number of pyridine rings is 1. The highest BCUT2D eigenvalue weighted by atomic mass is 16.5. The molecule has 1 N–H and O–H groups in total. The second kappa shape index (κ2) is 9.05. The van der Waals surface area contributed by atoms with Crippen molar-refractivity contribution in [1.29, 1.82) is 0 Å². The van der Waals surface area contributed by atoms with Crippen molar-refractivity contribution in [3.63, 3.8) is 0 Å². The molecule has 0 spiro atoms. The number of nitrogens with one attached hydrogen (secondary N) is 1. The molecule has 0 atom stereocenters. The summed E-state index contributed by atoms with van der Waals surface area (Å²) in [6.07, 6.45) is 0. The first-order chi connectivity index (χ1) is 14.0. The normalized spacial score (nSPS) is 10.4. The van der Waals surface area contributed by atoms with E-state index in [1.54, 1.807) is 13.2 Å². The van der Waals surface area contributed by atoms with Crippen LogP contribution in [-0.2, 0) is 16.1 Å². The molecular weight excluding hydrogens is 372 g/mol. The van der Waals surface area contributed by atoms with E-state index in [1.165, 1.54) is 13.2 Å². The predicted molar refractivity (Wildman–Crippen MR) is 108 cm³/mol. The number of hydrogen-bond donors (Lipinski definition) is 1. The van der Waals surface area contributed by atoms with Gasteiger partial charge in [-0.1, -0.05) is 23.8 Å². The summed E-state index contributed by atoms with van der Waals surface area (Å²) in [5.74, 6) is 0.266. The van der Waals surface area contributed by atoms with Gasteiger partial charge < -0.3 is 19.5 Å². The maximum Gasteiger partial charge on any atom is 0.356 e. The molecule has 0 bridgehead atoms. The van der Waals surface area contributed by atoms with Gasteiger partial charge >= 0.3 is 5.97 Å². The Balaban J connectivity index is 1.72. The minimum absolute atomic E-state index is 0.121. The van der Waals surface area contributed by atoms with E-state index in [0.717, 1.165) is 22.3 Å². The van der Waals surface area contributed by atoms with Crippen molar-refractivity contribution in [2.24, 2.45) is 0 Å². The Bertz CT molecular complexity index is 1050. The number of carbonyl (C=O) groups is 2. The van der Waals surface area contributed by atoms with Crippen LogP contribution in [0.25, 0.3) is 10.9 Å². The highest BCUT2D eigenvalue weighted by Gasteiger charge is 2.14. The fourth-order valence-corrected chi connectivity index (χ4v) is 2.81. The van der Waals surface area contributed by atoms with Crippen LogP contribution in [0.4, 0.5) is 0 Å². The Kier molecular flexibility index (Phi) is 6.29. The third-order valence-electron chi connectivity index (χ3n) is 4.30. The molecule has 7 nitrogen and oxygen atoms in total. The average molecular weight is 394 g/mol. The number of methoxy groups -OCH3 is 2. The van der Waals surface area contributed by atoms with E-state index in [2.05, 4.69) is 10.3 Å². The quantitative estimate of drug-likeness (QED) is 0.620. The smallest absolute Gasteiger partial charge is 0.356 e. The van der Waals surface area contributed by atoms with Gasteiger partial charge in [-0.25, -0.2) is 9.78 Å². The van der Waals surface area contributed by atoms with Gasteiger partial charge in [0.2, 0.25) is 0 Å². The summed E-state index contributed by atoms with van der Waals surface area (Å²) in [4.78, 5) is 28.4. The van der Waals surface area contributed by atoms with E-state index in [9.17, 15) is 9.59 Å². The molecule has 7 heteroatoms. The van der Waals surface area contributed by atoms with Crippen LogP contribution in [-0.4, -0.2) is 37.7 Å². The maximum absolute atomic E-state index is 12.2. The number of aryl methyl sites for hydroxylation is 1. The molecule has 1 amide bonds. The zero-order valence-corrected chi connectivity index (χ0v) is 16.5. The number of fused-ring (bicyclic) bond motifs is 1. The predicted octanol–water partition coefficient (Wildman–Crippen LogP) is 3.03. The maximum atomic E-state index is 12.2. The van der Waals surface area contributed by atoms with Gasteiger partial charge in [0, 0.05) is 18.0 Å². The van der Waals surface area contributed by atoms with Crippen molar-refractivity contribution in [2.75, 3.05) is 20.8 Å². The molecule has 2 aromatic carbocycles. The fraction of sp³-hybridized carbons (Fsp3) is 0.227. The SMILES string of the molecule is COC(=O)c1cc(OCC(=O)NCc2cccc(OC)c2)c2cc(C)ccc2n1. The molecule has 0 unspecified atom stereocenters. The van der Waals surface area contributed by atoms with Crippen molar-refractivity contribution in [1.82, 2.24) is 10.3 Å². The lowest BCUT2D eigenvalue weighted by atomic mass is 10.1. The van der Waals surface area contributed by atoms with Crippen LogP contribution in [0.5, 0.6) is 11.5 Å². The number of carbonyl (C=O) groups excluding carboxylic acids is 2. The summed E-state index contributed by atoms with van der Waals surface area (Å²) in [7, 11) is 2.88. The van der Waals surface area contributed by atoms with Gasteiger partial charge in [-0.3, -0.25) is 4.79 Å². The zero-order chi connectivity index (χ0) is 20.8. The van der Waals surface area contributed by atoms with E-state index in [1.807, 2.05) is 43.3 Å². The molecule has 3 aromatic rings. The van der Waals surface area contributed by atoms with Gasteiger partial charge in [-0.05, 0) is 36.8 Å². The van der Waals surface area contributed by atoms with E-state index >= 15 is 0 Å². The van der Waals surface area contributed by atoms with E-state index in [4.69, 9.17) is 14.2 Å². The lowest BCUT2D eigenvalue weighted by Crippen LogP contribution is -2.28. The second-order valence-corrected chi connectivity index (χ2v) is 6.43. The van der Waals surface area contributed by atoms with Crippen LogP contribution in [0.15, 0.2) is 48.5 Å². The van der Waals surface area contributed by atoms with Crippen molar-refractivity contribution < 1.29 is 23.8 Å². The highest BCUT2D eigenvalue weighted by Crippen LogP contribution is 2.27. The average Bonchev–Trinajstić information content (AvgIpc) is 2.75. The third kappa shape index (κ3) is 5.01. The summed E-state index contributed by atoms with van der Waals surface area (Å²) >= 11 is 0. The second-order valence-electron chi connectivity index (χ2n) is 6.43. The summed E-state index contributed by atoms with van der Waals surface area (Å²) in [6.45, 7) is 2.10. The van der Waals surface area contributed by atoms with Crippen LogP contribution in [0.3, 0.4) is 0 Å². The largest absolute Gasteiger partial charge is 0.497 e. The minimum Gasteiger partial charge on any atom is -0.497 e. The van der Waals surface area contributed by atoms with Crippen LogP contribution in [0.1, 0.15) is 21.6 Å². The summed E-state index contributed by atoms with van der Waals surface area (Å²) in [5, 5.41) is 3.52. The first-order valence-electron chi connectivity index (χ1n) is 9.02. The molecule has 0 saturated carbocycles. The van der Waals surface area contributed by atoms with Crippen LogP contribution in [0.2, 0.25) is 0 Å². The number of ether oxygens (including phenoxy) is 3. The molecule has 29 heavy (non-hydrogen) atoms. The topological polar surface area (TPSA) is 86.8 Å². The summed E-state index contributed by atoms with van der Waals surface area (Å²) in [5.41, 5.74) is 2.63. The van der Waals surface area contributed by atoms with E-state index < -0.39 is 5.97 Å². The van der Waals surface area contributed by atoms with Gasteiger partial charge in [0.25, 0.3) is 5.91 Å². The molecule has 3 rings (SSSR count). The standard InChI is InChI=1S/C22H22N2O5/c1-14-7-8-18-17(9-14)20(11-19(24-18)22(26)28-3)29-13-21(25)23-12-15-5-4-6-16(10-15)27-2/h4-11H,12-13H2,1-3H3,(H,23,25). The third-order valence-corrected chi connectivity index (χ3v) is 4.30. The zero-order valence-electron chi connectivity index (χ0n) is 16.5. The van der Waals surface area contributed by atoms with Crippen LogP contribution >= 0.6 is 0 Å². The van der Waals surface area contributed by atoms with Gasteiger partial charge in [-0.2, -0.15) is 0 Å². The number of amides is 1. The first kappa shape index (κ1) is 20.1. The Hall–Kier alpha value is -3.61. The van der Waals surface area contributed by atoms with E-state index in [-0.39, 0.29) is 18.2 Å². The molecule has 0 saturated heterocycles. The molecule has 0 fully saturated rings. The van der Waals surface area contributed by atoms with Gasteiger partial charge in [-0.15, -0.1) is 0 Å². The van der Waals surface area contributed by atoms with E-state index in [0.29, 0.717) is 17.8 Å². The summed E-state index contributed by atoms with van der Waals surface area (Å²) < 4.78 is 15.6. The minimum atomic E-state index is -0.570. The molecule has 0 aliphatic rings.